The second kappa shape index (κ2) is 7.25. The highest BCUT2D eigenvalue weighted by Gasteiger charge is 2.26. The molecule has 0 fully saturated rings. The molecule has 0 bridgehead atoms. The van der Waals surface area contributed by atoms with Gasteiger partial charge in [0.1, 0.15) is 6.04 Å². The predicted molar refractivity (Wildman–Crippen MR) is 72.8 cm³/mol. The zero-order valence-electron chi connectivity index (χ0n) is 11.8. The summed E-state index contributed by atoms with van der Waals surface area (Å²) in [6.45, 7) is -0.723. The molecule has 21 heavy (non-hydrogen) atoms. The average Bonchev–Trinajstić information content (AvgIpc) is 2.50. The molecule has 0 aliphatic rings. The van der Waals surface area contributed by atoms with Gasteiger partial charge in [0.15, 0.2) is 11.5 Å². The third-order valence-corrected chi connectivity index (χ3v) is 4.10. The Labute approximate surface area is 122 Å². The van der Waals surface area contributed by atoms with Crippen LogP contribution >= 0.6 is 0 Å². The van der Waals surface area contributed by atoms with E-state index in [9.17, 15) is 13.2 Å². The van der Waals surface area contributed by atoms with E-state index < -0.39 is 28.6 Å². The summed E-state index contributed by atoms with van der Waals surface area (Å²) in [7, 11) is -0.150. The fourth-order valence-corrected chi connectivity index (χ4v) is 2.73. The quantitative estimate of drug-likeness (QED) is 0.653. The smallest absolute Gasteiger partial charge is 0.326 e. The predicted octanol–water partition coefficient (Wildman–Crippen LogP) is -0.484. The van der Waals surface area contributed by atoms with Crippen molar-refractivity contribution in [2.24, 2.45) is 0 Å². The molecule has 2 N–H and O–H groups in total. The van der Waals surface area contributed by atoms with E-state index in [1.807, 2.05) is 0 Å². The first-order valence-corrected chi connectivity index (χ1v) is 7.31. The Bertz CT molecular complexity index is 600. The summed E-state index contributed by atoms with van der Waals surface area (Å²) < 4.78 is 40.8. The van der Waals surface area contributed by atoms with Crippen LogP contribution in [-0.2, 0) is 19.6 Å². The van der Waals surface area contributed by atoms with Crippen molar-refractivity contribution in [2.45, 2.75) is 10.9 Å². The number of aliphatic hydroxyl groups excluding tert-OH is 1. The Kier molecular flexibility index (Phi) is 5.94. The van der Waals surface area contributed by atoms with E-state index >= 15 is 0 Å². The lowest BCUT2D eigenvalue weighted by atomic mass is 10.3. The first-order chi connectivity index (χ1) is 9.89. The monoisotopic (exact) mass is 319 g/mol. The second-order valence-electron chi connectivity index (χ2n) is 3.90. The highest BCUT2D eigenvalue weighted by molar-refractivity contribution is 7.89. The van der Waals surface area contributed by atoms with E-state index in [2.05, 4.69) is 9.46 Å². The highest BCUT2D eigenvalue weighted by atomic mass is 32.2. The van der Waals surface area contributed by atoms with Crippen molar-refractivity contribution in [2.75, 3.05) is 27.9 Å². The number of hydrogen-bond donors (Lipinski definition) is 2. The number of aliphatic hydroxyl groups is 1. The molecule has 0 saturated heterocycles. The molecule has 9 heteroatoms. The van der Waals surface area contributed by atoms with E-state index in [0.717, 1.165) is 7.11 Å². The number of nitrogens with one attached hydrogen (secondary N) is 1. The normalized spacial score (nSPS) is 12.6. The second-order valence-corrected chi connectivity index (χ2v) is 5.61. The maximum atomic E-state index is 12.2. The largest absolute Gasteiger partial charge is 0.493 e. The summed E-state index contributed by atoms with van der Waals surface area (Å²) in [6.07, 6.45) is 0. The van der Waals surface area contributed by atoms with Gasteiger partial charge in [-0.15, -0.1) is 0 Å². The Morgan fingerprint density at radius 2 is 1.86 bits per heavy atom. The molecule has 1 unspecified atom stereocenters. The molecule has 0 aliphatic carbocycles. The topological polar surface area (TPSA) is 111 Å². The zero-order valence-corrected chi connectivity index (χ0v) is 12.6. The van der Waals surface area contributed by atoms with Crippen LogP contribution in [0.4, 0.5) is 0 Å². The van der Waals surface area contributed by atoms with Crippen molar-refractivity contribution in [3.63, 3.8) is 0 Å². The Morgan fingerprint density at radius 3 is 2.33 bits per heavy atom. The SMILES string of the molecule is COC(=O)C(CO)NS(=O)(=O)c1ccc(OC)c(OC)c1. The lowest BCUT2D eigenvalue weighted by Crippen LogP contribution is -2.43. The van der Waals surface area contributed by atoms with E-state index in [-0.39, 0.29) is 10.6 Å². The lowest BCUT2D eigenvalue weighted by Gasteiger charge is -2.15. The third kappa shape index (κ3) is 4.06. The number of methoxy groups -OCH3 is 3. The van der Waals surface area contributed by atoms with Crippen molar-refractivity contribution in [3.05, 3.63) is 18.2 Å². The molecule has 1 atom stereocenters. The molecule has 8 nitrogen and oxygen atoms in total. The molecule has 118 valence electrons. The summed E-state index contributed by atoms with van der Waals surface area (Å²) in [4.78, 5) is 11.2. The van der Waals surface area contributed by atoms with Gasteiger partial charge in [-0.1, -0.05) is 0 Å². The van der Waals surface area contributed by atoms with E-state index in [0.29, 0.717) is 5.75 Å². The summed E-state index contributed by atoms with van der Waals surface area (Å²) >= 11 is 0. The maximum Gasteiger partial charge on any atom is 0.326 e. The van der Waals surface area contributed by atoms with E-state index in [4.69, 9.17) is 14.6 Å². The van der Waals surface area contributed by atoms with Gasteiger partial charge in [-0.05, 0) is 12.1 Å². The fourth-order valence-electron chi connectivity index (χ4n) is 1.54. The number of rotatable bonds is 7. The average molecular weight is 319 g/mol. The van der Waals surface area contributed by atoms with Crippen LogP contribution in [0.15, 0.2) is 23.1 Å². The molecule has 1 rings (SSSR count). The molecular weight excluding hydrogens is 302 g/mol. The van der Waals surface area contributed by atoms with Crippen molar-refractivity contribution < 1.29 is 32.5 Å². The van der Waals surface area contributed by atoms with Crippen molar-refractivity contribution in [3.8, 4) is 11.5 Å². The van der Waals surface area contributed by atoms with Crippen LogP contribution in [-0.4, -0.2) is 53.5 Å². The van der Waals surface area contributed by atoms with Gasteiger partial charge in [-0.3, -0.25) is 4.79 Å². The number of esters is 1. The molecule has 1 aromatic rings. The molecular formula is C12H17NO7S. The van der Waals surface area contributed by atoms with Crippen LogP contribution in [0.25, 0.3) is 0 Å². The van der Waals surface area contributed by atoms with Crippen LogP contribution in [0.1, 0.15) is 0 Å². The number of ether oxygens (including phenoxy) is 3. The Hall–Kier alpha value is -1.84. The molecule has 0 spiro atoms. The summed E-state index contributed by atoms with van der Waals surface area (Å²) in [5.41, 5.74) is 0. The van der Waals surface area contributed by atoms with Gasteiger partial charge < -0.3 is 19.3 Å². The van der Waals surface area contributed by atoms with Gasteiger partial charge in [0.2, 0.25) is 10.0 Å². The lowest BCUT2D eigenvalue weighted by molar-refractivity contribution is -0.143. The number of sulfonamides is 1. The van der Waals surface area contributed by atoms with Gasteiger partial charge in [0.05, 0.1) is 32.8 Å². The summed E-state index contributed by atoms with van der Waals surface area (Å²) in [5, 5.41) is 9.05. The van der Waals surface area contributed by atoms with Crippen LogP contribution in [0.3, 0.4) is 0 Å². The Balaban J connectivity index is 3.10. The number of hydrogen-bond acceptors (Lipinski definition) is 7. The molecule has 0 amide bonds. The van der Waals surface area contributed by atoms with Crippen molar-refractivity contribution >= 4 is 16.0 Å². The molecule has 0 saturated carbocycles. The molecule has 0 aliphatic heterocycles. The minimum Gasteiger partial charge on any atom is -0.493 e. The first-order valence-electron chi connectivity index (χ1n) is 5.82. The molecule has 1 aromatic carbocycles. The van der Waals surface area contributed by atoms with Crippen molar-refractivity contribution in [1.29, 1.82) is 0 Å². The molecule has 0 radical (unpaired) electrons. The van der Waals surface area contributed by atoms with Gasteiger partial charge in [0, 0.05) is 6.07 Å². The third-order valence-electron chi connectivity index (χ3n) is 2.63. The fraction of sp³-hybridized carbons (Fsp3) is 0.417. The maximum absolute atomic E-state index is 12.2. The van der Waals surface area contributed by atoms with Gasteiger partial charge >= 0.3 is 5.97 Å². The van der Waals surface area contributed by atoms with Crippen LogP contribution in [0.5, 0.6) is 11.5 Å². The van der Waals surface area contributed by atoms with E-state index in [1.165, 1.54) is 32.4 Å². The summed E-state index contributed by atoms with van der Waals surface area (Å²) in [5.74, 6) is -0.302. The minimum atomic E-state index is -4.03. The molecule has 0 heterocycles. The van der Waals surface area contributed by atoms with Crippen LogP contribution < -0.4 is 14.2 Å². The van der Waals surface area contributed by atoms with E-state index in [1.54, 1.807) is 0 Å². The number of carbonyl (C=O) groups excluding carboxylic acids is 1. The van der Waals surface area contributed by atoms with Gasteiger partial charge in [-0.25, -0.2) is 8.42 Å². The highest BCUT2D eigenvalue weighted by Crippen LogP contribution is 2.29. The zero-order chi connectivity index (χ0) is 16.0. The van der Waals surface area contributed by atoms with Gasteiger partial charge in [-0.2, -0.15) is 4.72 Å². The standard InChI is InChI=1S/C12H17NO7S/c1-18-10-5-4-8(6-11(10)19-2)21(16,17)13-9(7-14)12(15)20-3/h4-6,9,13-14H,7H2,1-3H3. The molecule has 0 aromatic heterocycles. The Morgan fingerprint density at radius 1 is 1.24 bits per heavy atom. The van der Waals surface area contributed by atoms with Crippen LogP contribution in [0.2, 0.25) is 0 Å². The number of carbonyl (C=O) groups is 1. The van der Waals surface area contributed by atoms with Crippen LogP contribution in [0, 0.1) is 0 Å². The minimum absolute atomic E-state index is 0.137. The number of benzene rings is 1. The first kappa shape index (κ1) is 17.2. The summed E-state index contributed by atoms with van der Waals surface area (Å²) in [6, 6.07) is 2.56. The van der Waals surface area contributed by atoms with Crippen molar-refractivity contribution in [1.82, 2.24) is 4.72 Å². The van der Waals surface area contributed by atoms with Gasteiger partial charge in [0.25, 0.3) is 0 Å².